The molecule has 30 heavy (non-hydrogen) atoms. The zero-order valence-corrected chi connectivity index (χ0v) is 16.8. The van der Waals surface area contributed by atoms with E-state index in [-0.39, 0.29) is 11.2 Å². The van der Waals surface area contributed by atoms with Gasteiger partial charge in [0.25, 0.3) is 0 Å². The molecule has 1 aliphatic rings. The van der Waals surface area contributed by atoms with E-state index in [0.29, 0.717) is 5.46 Å². The summed E-state index contributed by atoms with van der Waals surface area (Å²) in [5.74, 6) is 1.07. The average Bonchev–Trinajstić information content (AvgIpc) is 3.17. The highest BCUT2D eigenvalue weighted by molar-refractivity contribution is 6.33. The molecule has 0 saturated heterocycles. The van der Waals surface area contributed by atoms with Gasteiger partial charge >= 0.3 is 0 Å². The molecule has 2 radical (unpaired) electrons. The molecular weight excluding hydrogens is 367 g/mol. The highest BCUT2D eigenvalue weighted by atomic mass is 16.3. The fourth-order valence-corrected chi connectivity index (χ4v) is 4.98. The van der Waals surface area contributed by atoms with Crippen molar-refractivity contribution in [3.05, 3.63) is 84.1 Å². The lowest BCUT2D eigenvalue weighted by Crippen LogP contribution is -2.15. The summed E-state index contributed by atoms with van der Waals surface area (Å²) < 4.78 is 2.11. The molecule has 0 amide bonds. The normalized spacial score (nSPS) is 14.2. The Hall–Kier alpha value is -3.53. The van der Waals surface area contributed by atoms with Crippen molar-refractivity contribution >= 4 is 35.1 Å². The summed E-state index contributed by atoms with van der Waals surface area (Å²) in [6.45, 7) is 4.53. The molecule has 0 atom stereocenters. The Bertz CT molecular complexity index is 1500. The fourth-order valence-electron chi connectivity index (χ4n) is 4.98. The van der Waals surface area contributed by atoms with Gasteiger partial charge in [0.15, 0.2) is 0 Å². The summed E-state index contributed by atoms with van der Waals surface area (Å²) in [5.41, 5.74) is 7.58. The van der Waals surface area contributed by atoms with Crippen molar-refractivity contribution in [2.45, 2.75) is 19.3 Å². The van der Waals surface area contributed by atoms with Crippen LogP contribution in [0.1, 0.15) is 25.0 Å². The second kappa shape index (κ2) is 5.76. The molecule has 0 bridgehead atoms. The minimum absolute atomic E-state index is 0.102. The van der Waals surface area contributed by atoms with Crippen molar-refractivity contribution in [2.75, 3.05) is 0 Å². The number of aromatic nitrogens is 2. The third-order valence-electron chi connectivity index (χ3n) is 6.46. The van der Waals surface area contributed by atoms with Gasteiger partial charge in [-0.3, -0.25) is 4.57 Å². The predicted octanol–water partition coefficient (Wildman–Crippen LogP) is 4.98. The van der Waals surface area contributed by atoms with Gasteiger partial charge in [0.2, 0.25) is 0 Å². The summed E-state index contributed by atoms with van der Waals surface area (Å²) in [6.07, 6.45) is 1.98. The van der Waals surface area contributed by atoms with Crippen molar-refractivity contribution < 1.29 is 5.11 Å². The number of phenolic OH excluding ortho intramolecular Hbond substituents is 1. The number of phenols is 1. The van der Waals surface area contributed by atoms with Crippen molar-refractivity contribution in [2.24, 2.45) is 0 Å². The summed E-state index contributed by atoms with van der Waals surface area (Å²) in [4.78, 5) is 4.86. The molecule has 0 fully saturated rings. The lowest BCUT2D eigenvalue weighted by Gasteiger charge is -2.22. The molecule has 0 spiro atoms. The van der Waals surface area contributed by atoms with E-state index in [2.05, 4.69) is 48.7 Å². The van der Waals surface area contributed by atoms with E-state index in [9.17, 15) is 5.11 Å². The van der Waals surface area contributed by atoms with Crippen LogP contribution in [0.4, 0.5) is 0 Å². The van der Waals surface area contributed by atoms with Crippen LogP contribution in [-0.2, 0) is 5.41 Å². The van der Waals surface area contributed by atoms with Gasteiger partial charge in [0.05, 0.1) is 11.0 Å². The van der Waals surface area contributed by atoms with Crippen molar-refractivity contribution in [1.29, 1.82) is 0 Å². The van der Waals surface area contributed by atoms with Crippen LogP contribution in [0.3, 0.4) is 0 Å². The summed E-state index contributed by atoms with van der Waals surface area (Å²) in [5, 5.41) is 12.3. The molecule has 0 saturated carbocycles. The van der Waals surface area contributed by atoms with Gasteiger partial charge in [0.1, 0.15) is 19.4 Å². The summed E-state index contributed by atoms with van der Waals surface area (Å²) >= 11 is 0. The molecule has 2 aromatic heterocycles. The van der Waals surface area contributed by atoms with E-state index in [0.717, 1.165) is 27.6 Å². The monoisotopic (exact) mass is 386 g/mol. The quantitative estimate of drug-likeness (QED) is 0.413. The van der Waals surface area contributed by atoms with Gasteiger partial charge in [-0.25, -0.2) is 4.98 Å². The van der Waals surface area contributed by atoms with Gasteiger partial charge in [-0.1, -0.05) is 55.7 Å². The summed E-state index contributed by atoms with van der Waals surface area (Å²) in [7, 11) is 6.08. The highest BCUT2D eigenvalue weighted by Crippen LogP contribution is 2.48. The van der Waals surface area contributed by atoms with Crippen molar-refractivity contribution in [3.63, 3.8) is 0 Å². The zero-order chi connectivity index (χ0) is 20.6. The van der Waals surface area contributed by atoms with E-state index in [1.807, 2.05) is 30.5 Å². The maximum absolute atomic E-state index is 10.2. The first-order valence-electron chi connectivity index (χ1n) is 10.1. The van der Waals surface area contributed by atoms with Crippen LogP contribution in [0.15, 0.2) is 72.9 Å². The largest absolute Gasteiger partial charge is 0.508 e. The van der Waals surface area contributed by atoms with Crippen LogP contribution in [0.2, 0.25) is 0 Å². The number of benzene rings is 3. The first-order chi connectivity index (χ1) is 14.4. The number of rotatable bonds is 1. The van der Waals surface area contributed by atoms with Crippen LogP contribution in [0.5, 0.6) is 5.75 Å². The van der Waals surface area contributed by atoms with Crippen molar-refractivity contribution in [3.8, 4) is 22.7 Å². The first-order valence-corrected chi connectivity index (χ1v) is 10.1. The molecule has 5 aromatic rings. The third kappa shape index (κ3) is 2.19. The molecule has 1 aliphatic carbocycles. The Morgan fingerprint density at radius 3 is 2.53 bits per heavy atom. The van der Waals surface area contributed by atoms with Crippen LogP contribution in [0.25, 0.3) is 38.8 Å². The van der Waals surface area contributed by atoms with Gasteiger partial charge in [0, 0.05) is 34.0 Å². The molecule has 0 unspecified atom stereocenters. The van der Waals surface area contributed by atoms with Gasteiger partial charge in [-0.05, 0) is 41.0 Å². The number of hydrogen-bond donors (Lipinski definition) is 1. The number of pyridine rings is 1. The van der Waals surface area contributed by atoms with Gasteiger partial charge in [-0.2, -0.15) is 0 Å². The number of fused-ring (bicyclic) bond motifs is 6. The number of hydrogen-bond acceptors (Lipinski definition) is 2. The minimum Gasteiger partial charge on any atom is -0.508 e. The molecular formula is C26H19BN2O. The van der Waals surface area contributed by atoms with Crippen LogP contribution in [-0.4, -0.2) is 22.5 Å². The smallest absolute Gasteiger partial charge is 0.137 e. The SMILES string of the molecule is [B]c1ccc2c(c1)c1ccc(O)cc1n2-c1cc2c(cn1)-c1ccccc1C2(C)C. The molecule has 142 valence electrons. The van der Waals surface area contributed by atoms with Crippen LogP contribution in [0, 0.1) is 0 Å². The van der Waals surface area contributed by atoms with Gasteiger partial charge in [-0.15, -0.1) is 0 Å². The number of nitrogens with zero attached hydrogens (tertiary/aromatic N) is 2. The van der Waals surface area contributed by atoms with E-state index < -0.39 is 0 Å². The first kappa shape index (κ1) is 17.3. The Labute approximate surface area is 176 Å². The predicted molar refractivity (Wildman–Crippen MR) is 123 cm³/mol. The molecule has 2 heterocycles. The molecule has 1 N–H and O–H groups in total. The van der Waals surface area contributed by atoms with E-state index in [4.69, 9.17) is 12.8 Å². The standard InChI is InChI=1S/C26H19BN2O/c1-26(2)21-6-4-3-5-17(21)20-14-28-25(13-22(20)26)29-23-10-7-15(27)11-19(23)18-9-8-16(30)12-24(18)29/h3-14,30H,1-2H3. The minimum atomic E-state index is -0.102. The summed E-state index contributed by atoms with van der Waals surface area (Å²) in [6, 6.07) is 22.1. The topological polar surface area (TPSA) is 38.0 Å². The van der Waals surface area contributed by atoms with E-state index in [1.165, 1.54) is 22.3 Å². The van der Waals surface area contributed by atoms with E-state index >= 15 is 0 Å². The van der Waals surface area contributed by atoms with E-state index in [1.54, 1.807) is 12.1 Å². The van der Waals surface area contributed by atoms with Crippen molar-refractivity contribution in [1.82, 2.24) is 9.55 Å². The zero-order valence-electron chi connectivity index (χ0n) is 16.8. The Morgan fingerprint density at radius 1 is 0.833 bits per heavy atom. The number of aromatic hydroxyl groups is 1. The maximum atomic E-state index is 10.2. The average molecular weight is 386 g/mol. The molecule has 3 aromatic carbocycles. The second-order valence-corrected chi connectivity index (χ2v) is 8.57. The van der Waals surface area contributed by atoms with Gasteiger partial charge < -0.3 is 5.11 Å². The third-order valence-corrected chi connectivity index (χ3v) is 6.46. The molecule has 0 aliphatic heterocycles. The Kier molecular flexibility index (Phi) is 3.33. The molecule has 3 nitrogen and oxygen atoms in total. The van der Waals surface area contributed by atoms with Crippen LogP contribution < -0.4 is 5.46 Å². The highest BCUT2D eigenvalue weighted by Gasteiger charge is 2.35. The fraction of sp³-hybridized carbons (Fsp3) is 0.115. The van der Waals surface area contributed by atoms with Crippen LogP contribution >= 0.6 is 0 Å². The second-order valence-electron chi connectivity index (χ2n) is 8.57. The maximum Gasteiger partial charge on any atom is 0.137 e. The Morgan fingerprint density at radius 2 is 1.67 bits per heavy atom. The lowest BCUT2D eigenvalue weighted by atomic mass is 9.83. The Balaban J connectivity index is 1.68. The molecule has 4 heteroatoms. The molecule has 6 rings (SSSR count). The lowest BCUT2D eigenvalue weighted by molar-refractivity contribution is 0.476.